The Morgan fingerprint density at radius 2 is 1.96 bits per heavy atom. The molecule has 2 heterocycles. The van der Waals surface area contributed by atoms with Gasteiger partial charge in [-0.2, -0.15) is 0 Å². The smallest absolute Gasteiger partial charge is 0.410 e. The first-order chi connectivity index (χ1) is 11.2. The maximum absolute atomic E-state index is 12.4. The number of rotatable bonds is 3. The third kappa shape index (κ3) is 2.98. The lowest BCUT2D eigenvalue weighted by Crippen LogP contribution is -2.59. The molecule has 130 valence electrons. The number of carboxylic acids is 1. The molecular formula is C18H24N2O4. The number of amides is 1. The van der Waals surface area contributed by atoms with Crippen LogP contribution in [0.15, 0.2) is 30.3 Å². The van der Waals surface area contributed by atoms with Crippen LogP contribution < -0.4 is 0 Å². The first-order valence-corrected chi connectivity index (χ1v) is 8.23. The summed E-state index contributed by atoms with van der Waals surface area (Å²) >= 11 is 0. The second-order valence-electron chi connectivity index (χ2n) is 7.67. The van der Waals surface area contributed by atoms with E-state index in [2.05, 4.69) is 0 Å². The van der Waals surface area contributed by atoms with Gasteiger partial charge in [0, 0.05) is 19.5 Å². The molecule has 2 bridgehead atoms. The summed E-state index contributed by atoms with van der Waals surface area (Å²) in [6.07, 6.45) is 0.0315. The highest BCUT2D eigenvalue weighted by Gasteiger charge is 2.61. The fourth-order valence-corrected chi connectivity index (χ4v) is 3.64. The van der Waals surface area contributed by atoms with Gasteiger partial charge >= 0.3 is 12.1 Å². The Morgan fingerprint density at radius 1 is 1.29 bits per heavy atom. The van der Waals surface area contributed by atoms with E-state index in [1.54, 1.807) is 4.90 Å². The molecule has 1 amide bonds. The van der Waals surface area contributed by atoms with Crippen LogP contribution in [0.2, 0.25) is 0 Å². The van der Waals surface area contributed by atoms with Gasteiger partial charge in [0.15, 0.2) is 0 Å². The molecule has 0 unspecified atom stereocenters. The summed E-state index contributed by atoms with van der Waals surface area (Å²) < 4.78 is 5.43. The second kappa shape index (κ2) is 5.77. The van der Waals surface area contributed by atoms with Crippen LogP contribution in [0.4, 0.5) is 4.79 Å². The predicted octanol–water partition coefficient (Wildman–Crippen LogP) is 2.33. The number of piperazine rings is 1. The SMILES string of the molecule is CC(C)(C)OC(=O)N1C[C@]2(C(=O)O)C[C@H]1CN2Cc1ccccc1. The van der Waals surface area contributed by atoms with Crippen molar-refractivity contribution in [2.24, 2.45) is 0 Å². The Labute approximate surface area is 142 Å². The minimum absolute atomic E-state index is 0.111. The monoisotopic (exact) mass is 332 g/mol. The summed E-state index contributed by atoms with van der Waals surface area (Å²) in [7, 11) is 0. The highest BCUT2D eigenvalue weighted by molar-refractivity contribution is 5.83. The normalized spacial score (nSPS) is 26.6. The van der Waals surface area contributed by atoms with Crippen LogP contribution in [-0.2, 0) is 16.1 Å². The largest absolute Gasteiger partial charge is 0.480 e. The van der Waals surface area contributed by atoms with Gasteiger partial charge in [-0.05, 0) is 26.3 Å². The number of hydrogen-bond acceptors (Lipinski definition) is 4. The number of aliphatic carboxylic acids is 1. The van der Waals surface area contributed by atoms with Gasteiger partial charge < -0.3 is 14.7 Å². The molecule has 6 nitrogen and oxygen atoms in total. The molecule has 1 N–H and O–H groups in total. The van der Waals surface area contributed by atoms with Gasteiger partial charge in [-0.25, -0.2) is 4.79 Å². The van der Waals surface area contributed by atoms with Crippen molar-refractivity contribution in [1.82, 2.24) is 9.80 Å². The lowest BCUT2D eigenvalue weighted by Gasteiger charge is -2.39. The Bertz CT molecular complexity index is 640. The van der Waals surface area contributed by atoms with Crippen LogP contribution in [0.3, 0.4) is 0 Å². The van der Waals surface area contributed by atoms with E-state index in [0.29, 0.717) is 19.5 Å². The third-order valence-electron chi connectivity index (χ3n) is 4.72. The molecule has 0 aromatic heterocycles. The van der Waals surface area contributed by atoms with Crippen LogP contribution in [0.1, 0.15) is 32.8 Å². The molecule has 0 saturated carbocycles. The summed E-state index contributed by atoms with van der Waals surface area (Å²) in [6.45, 7) is 6.75. The molecule has 1 aromatic rings. The van der Waals surface area contributed by atoms with Gasteiger partial charge in [0.1, 0.15) is 11.1 Å². The molecule has 3 rings (SSSR count). The van der Waals surface area contributed by atoms with Crippen LogP contribution in [0.5, 0.6) is 0 Å². The standard InChI is InChI=1S/C18H24N2O4/c1-17(2,3)24-16(23)20-12-18(15(21)22)9-14(20)11-19(18)10-13-7-5-4-6-8-13/h4-8,14H,9-12H2,1-3H3,(H,21,22)/t14-,18-/m0/s1. The number of carbonyl (C=O) groups is 2. The summed E-state index contributed by atoms with van der Waals surface area (Å²) in [5.74, 6) is -0.869. The van der Waals surface area contributed by atoms with E-state index in [4.69, 9.17) is 4.74 Å². The van der Waals surface area contributed by atoms with Gasteiger partial charge in [-0.3, -0.25) is 9.69 Å². The van der Waals surface area contributed by atoms with Gasteiger partial charge in [0.05, 0.1) is 12.6 Å². The second-order valence-corrected chi connectivity index (χ2v) is 7.67. The van der Waals surface area contributed by atoms with Crippen LogP contribution in [0, 0.1) is 0 Å². The molecule has 2 saturated heterocycles. The number of fused-ring (bicyclic) bond motifs is 2. The molecule has 6 heteroatoms. The number of hydrogen-bond donors (Lipinski definition) is 1. The zero-order chi connectivity index (χ0) is 17.5. The van der Waals surface area contributed by atoms with Gasteiger partial charge in [0.2, 0.25) is 0 Å². The molecule has 0 radical (unpaired) electrons. The van der Waals surface area contributed by atoms with Crippen molar-refractivity contribution in [3.8, 4) is 0 Å². The van der Waals surface area contributed by atoms with E-state index in [0.717, 1.165) is 5.56 Å². The van der Waals surface area contributed by atoms with Gasteiger partial charge in [-0.1, -0.05) is 30.3 Å². The van der Waals surface area contributed by atoms with Crippen LogP contribution in [0.25, 0.3) is 0 Å². The average molecular weight is 332 g/mol. The lowest BCUT2D eigenvalue weighted by molar-refractivity contribution is -0.150. The summed E-state index contributed by atoms with van der Waals surface area (Å²) in [4.78, 5) is 28.0. The number of likely N-dealkylation sites (tertiary alicyclic amines) is 2. The van der Waals surface area contributed by atoms with Crippen molar-refractivity contribution in [2.45, 2.75) is 50.9 Å². The molecule has 1 aromatic carbocycles. The molecule has 0 spiro atoms. The third-order valence-corrected chi connectivity index (χ3v) is 4.72. The van der Waals surface area contributed by atoms with Crippen LogP contribution in [-0.4, -0.2) is 57.2 Å². The van der Waals surface area contributed by atoms with Crippen molar-refractivity contribution in [2.75, 3.05) is 13.1 Å². The highest BCUT2D eigenvalue weighted by Crippen LogP contribution is 2.41. The molecule has 2 aliphatic rings. The van der Waals surface area contributed by atoms with Crippen molar-refractivity contribution in [1.29, 1.82) is 0 Å². The van der Waals surface area contributed by atoms with Crippen molar-refractivity contribution >= 4 is 12.1 Å². The Balaban J connectivity index is 1.77. The van der Waals surface area contributed by atoms with Gasteiger partial charge in [0.25, 0.3) is 0 Å². The predicted molar refractivity (Wildman–Crippen MR) is 88.6 cm³/mol. The average Bonchev–Trinajstić information content (AvgIpc) is 3.03. The van der Waals surface area contributed by atoms with E-state index in [1.807, 2.05) is 56.0 Å². The van der Waals surface area contributed by atoms with Crippen LogP contribution >= 0.6 is 0 Å². The number of carbonyl (C=O) groups excluding carboxylic acids is 1. The Morgan fingerprint density at radius 3 is 2.54 bits per heavy atom. The van der Waals surface area contributed by atoms with E-state index >= 15 is 0 Å². The topological polar surface area (TPSA) is 70.1 Å². The molecule has 2 aliphatic heterocycles. The minimum Gasteiger partial charge on any atom is -0.480 e. The zero-order valence-electron chi connectivity index (χ0n) is 14.4. The van der Waals surface area contributed by atoms with E-state index in [9.17, 15) is 14.7 Å². The Kier molecular flexibility index (Phi) is 4.03. The minimum atomic E-state index is -1.02. The van der Waals surface area contributed by atoms with Crippen molar-refractivity contribution in [3.63, 3.8) is 0 Å². The molecule has 0 aliphatic carbocycles. The van der Waals surface area contributed by atoms with Crippen molar-refractivity contribution < 1.29 is 19.4 Å². The number of carboxylic acid groups (broad SMARTS) is 1. The number of benzene rings is 1. The summed E-state index contributed by atoms with van der Waals surface area (Å²) in [5.41, 5.74) is -0.523. The Hall–Kier alpha value is -2.08. The van der Waals surface area contributed by atoms with Crippen molar-refractivity contribution in [3.05, 3.63) is 35.9 Å². The zero-order valence-corrected chi connectivity index (χ0v) is 14.4. The quantitative estimate of drug-likeness (QED) is 0.920. The van der Waals surface area contributed by atoms with E-state index < -0.39 is 23.2 Å². The lowest BCUT2D eigenvalue weighted by atomic mass is 9.98. The van der Waals surface area contributed by atoms with E-state index in [1.165, 1.54) is 0 Å². The molecule has 24 heavy (non-hydrogen) atoms. The summed E-state index contributed by atoms with van der Waals surface area (Å²) in [5, 5.41) is 9.85. The number of ether oxygens (including phenoxy) is 1. The first-order valence-electron chi connectivity index (χ1n) is 8.23. The first kappa shape index (κ1) is 16.8. The fraction of sp³-hybridized carbons (Fsp3) is 0.556. The molecule has 2 atom stereocenters. The fourth-order valence-electron chi connectivity index (χ4n) is 3.64. The maximum atomic E-state index is 12.4. The molecular weight excluding hydrogens is 308 g/mol. The van der Waals surface area contributed by atoms with Gasteiger partial charge in [-0.15, -0.1) is 0 Å². The highest BCUT2D eigenvalue weighted by atomic mass is 16.6. The number of nitrogens with zero attached hydrogens (tertiary/aromatic N) is 2. The maximum Gasteiger partial charge on any atom is 0.410 e. The summed E-state index contributed by atoms with van der Waals surface area (Å²) in [6, 6.07) is 9.71. The molecule has 2 fully saturated rings. The van der Waals surface area contributed by atoms with E-state index in [-0.39, 0.29) is 12.6 Å².